The van der Waals surface area contributed by atoms with Crippen LogP contribution in [0, 0.1) is 35.5 Å². The van der Waals surface area contributed by atoms with E-state index in [0.29, 0.717) is 30.7 Å². The Kier molecular flexibility index (Phi) is 12.1. The number of carboxylic acid groups (broad SMARTS) is 1. The second kappa shape index (κ2) is 15.2. The van der Waals surface area contributed by atoms with E-state index in [0.717, 1.165) is 77.4 Å². The number of hydrogen-bond donors (Lipinski definition) is 7. The third kappa shape index (κ3) is 9.13. The predicted molar refractivity (Wildman–Crippen MR) is 165 cm³/mol. The Balaban J connectivity index is 1.52. The van der Waals surface area contributed by atoms with Crippen LogP contribution in [0.3, 0.4) is 0 Å². The molecule has 4 rings (SSSR count). The molecule has 0 amide bonds. The number of aliphatic carboxylic acids is 1. The van der Waals surface area contributed by atoms with Crippen LogP contribution in [0.2, 0.25) is 0 Å². The van der Waals surface area contributed by atoms with Gasteiger partial charge in [0.2, 0.25) is 0 Å². The molecule has 3 fully saturated rings. The van der Waals surface area contributed by atoms with Crippen LogP contribution in [0.4, 0.5) is 0 Å². The number of carbonyl (C=O) groups is 1. The normalized spacial score (nSPS) is 41.0. The number of piperidine rings is 3. The van der Waals surface area contributed by atoms with Crippen molar-refractivity contribution < 1.29 is 25.2 Å². The van der Waals surface area contributed by atoms with Gasteiger partial charge in [-0.25, -0.2) is 0 Å². The lowest BCUT2D eigenvalue weighted by Gasteiger charge is -2.49. The summed E-state index contributed by atoms with van der Waals surface area (Å²) in [5, 5.41) is 52.5. The molecular weight excluding hydrogens is 532 g/mol. The van der Waals surface area contributed by atoms with Gasteiger partial charge in [0, 0.05) is 49.2 Å². The summed E-state index contributed by atoms with van der Waals surface area (Å²) in [7, 11) is 2.03. The van der Waals surface area contributed by atoms with Gasteiger partial charge in [-0.3, -0.25) is 9.69 Å². The molecule has 4 aliphatic heterocycles. The molecule has 4 heterocycles. The molecule has 3 saturated heterocycles. The van der Waals surface area contributed by atoms with Crippen LogP contribution in [0.25, 0.3) is 0 Å². The first-order valence-corrected chi connectivity index (χ1v) is 16.6. The molecule has 10 unspecified atom stereocenters. The van der Waals surface area contributed by atoms with Crippen molar-refractivity contribution >= 4 is 5.97 Å². The molecule has 0 aliphatic carbocycles. The lowest BCUT2D eigenvalue weighted by Crippen LogP contribution is -2.57. The fourth-order valence-corrected chi connectivity index (χ4v) is 8.42. The fourth-order valence-electron chi connectivity index (χ4n) is 8.42. The summed E-state index contributed by atoms with van der Waals surface area (Å²) < 4.78 is 0. The van der Waals surface area contributed by atoms with Crippen molar-refractivity contribution in [1.82, 2.24) is 20.9 Å². The average Bonchev–Trinajstić information content (AvgIpc) is 2.95. The Hall–Kier alpha value is -1.25. The van der Waals surface area contributed by atoms with E-state index in [1.54, 1.807) is 0 Å². The Bertz CT molecular complexity index is 941. The van der Waals surface area contributed by atoms with Crippen LogP contribution < -0.4 is 16.0 Å². The standard InChI is InChI=1S/C33H58N4O5/c1-23-30(39)8-7-29-17-26(10-14-37(23)29)27(20-34-3)16-24-5-4-6-28-18-32(2,12-13-35-28)36-22-33(42,19-31(40)41)11-9-25(15-24)21-38/h23-30,34-36,38-39,42H,6-22H2,1-3H3,(H,40,41). The summed E-state index contributed by atoms with van der Waals surface area (Å²) in [5.41, 5.74) is -1.55. The summed E-state index contributed by atoms with van der Waals surface area (Å²) in [6.45, 7) is 7.41. The van der Waals surface area contributed by atoms with Crippen molar-refractivity contribution in [3.05, 3.63) is 0 Å². The van der Waals surface area contributed by atoms with Gasteiger partial charge in [-0.15, -0.1) is 5.92 Å². The summed E-state index contributed by atoms with van der Waals surface area (Å²) in [6.07, 6.45) is 8.87. The minimum absolute atomic E-state index is 0.00796. The largest absolute Gasteiger partial charge is 0.481 e. The van der Waals surface area contributed by atoms with E-state index in [1.165, 1.54) is 0 Å². The molecule has 42 heavy (non-hydrogen) atoms. The molecule has 10 atom stereocenters. The van der Waals surface area contributed by atoms with Gasteiger partial charge in [0.1, 0.15) is 0 Å². The van der Waals surface area contributed by atoms with Crippen molar-refractivity contribution in [3.8, 4) is 11.8 Å². The highest BCUT2D eigenvalue weighted by Gasteiger charge is 2.41. The Morgan fingerprint density at radius 3 is 2.74 bits per heavy atom. The molecule has 0 aromatic heterocycles. The number of fused-ring (bicyclic) bond motifs is 3. The molecule has 0 aromatic rings. The van der Waals surface area contributed by atoms with E-state index in [1.807, 2.05) is 7.05 Å². The topological polar surface area (TPSA) is 137 Å². The van der Waals surface area contributed by atoms with E-state index in [-0.39, 0.29) is 55.1 Å². The second-order valence-electron chi connectivity index (χ2n) is 14.5. The van der Waals surface area contributed by atoms with Crippen molar-refractivity contribution in [1.29, 1.82) is 0 Å². The maximum Gasteiger partial charge on any atom is 0.306 e. The van der Waals surface area contributed by atoms with Gasteiger partial charge in [-0.05, 0) is 122 Å². The van der Waals surface area contributed by atoms with Crippen LogP contribution in [-0.4, -0.2) is 106 Å². The van der Waals surface area contributed by atoms with Crippen LogP contribution in [0.15, 0.2) is 0 Å². The Labute approximate surface area is 253 Å². The zero-order chi connectivity index (χ0) is 30.3. The first kappa shape index (κ1) is 33.6. The molecule has 0 radical (unpaired) electrons. The molecule has 7 N–H and O–H groups in total. The highest BCUT2D eigenvalue weighted by atomic mass is 16.4. The molecule has 2 bridgehead atoms. The average molecular weight is 591 g/mol. The van der Waals surface area contributed by atoms with Crippen molar-refractivity contribution in [2.75, 3.05) is 39.8 Å². The summed E-state index contributed by atoms with van der Waals surface area (Å²) >= 11 is 0. The van der Waals surface area contributed by atoms with Crippen LogP contribution in [0.1, 0.15) is 90.9 Å². The molecular formula is C33H58N4O5. The van der Waals surface area contributed by atoms with Crippen LogP contribution in [0.5, 0.6) is 0 Å². The van der Waals surface area contributed by atoms with Crippen LogP contribution in [-0.2, 0) is 4.79 Å². The maximum atomic E-state index is 11.7. The SMILES string of the molecule is CNCC(CC1C#CCC2CC(C)(CCN2)NCC(O)(CC(=O)O)CCC(CO)C1)C1CCN2C(CCC(O)C2C)C1. The maximum absolute atomic E-state index is 11.7. The number of nitrogens with zero attached hydrogens (tertiary/aromatic N) is 1. The van der Waals surface area contributed by atoms with Crippen molar-refractivity contribution in [2.45, 2.75) is 126 Å². The Morgan fingerprint density at radius 1 is 1.19 bits per heavy atom. The quantitative estimate of drug-likeness (QED) is 0.212. The van der Waals surface area contributed by atoms with E-state index >= 15 is 0 Å². The minimum atomic E-state index is -1.36. The monoisotopic (exact) mass is 590 g/mol. The molecule has 0 spiro atoms. The molecule has 0 saturated carbocycles. The molecule has 0 aromatic carbocycles. The summed E-state index contributed by atoms with van der Waals surface area (Å²) in [6, 6.07) is 1.01. The van der Waals surface area contributed by atoms with Gasteiger partial charge in [-0.1, -0.05) is 5.92 Å². The van der Waals surface area contributed by atoms with Gasteiger partial charge < -0.3 is 36.4 Å². The number of carboxylic acids is 1. The van der Waals surface area contributed by atoms with Crippen LogP contribution >= 0.6 is 0 Å². The molecule has 9 nitrogen and oxygen atoms in total. The first-order valence-electron chi connectivity index (χ1n) is 16.6. The van der Waals surface area contributed by atoms with E-state index in [2.05, 4.69) is 46.5 Å². The zero-order valence-corrected chi connectivity index (χ0v) is 26.3. The molecule has 9 heteroatoms. The van der Waals surface area contributed by atoms with Gasteiger partial charge in [0.15, 0.2) is 0 Å². The first-order chi connectivity index (χ1) is 20.0. The fraction of sp³-hybridized carbons (Fsp3) is 0.909. The summed E-state index contributed by atoms with van der Waals surface area (Å²) in [5.74, 6) is 7.36. The lowest BCUT2D eigenvalue weighted by molar-refractivity contribution is -0.143. The summed E-state index contributed by atoms with van der Waals surface area (Å²) in [4.78, 5) is 14.2. The van der Waals surface area contributed by atoms with Gasteiger partial charge in [0.05, 0.1) is 18.1 Å². The molecule has 240 valence electrons. The number of aliphatic hydroxyl groups excluding tert-OH is 2. The zero-order valence-electron chi connectivity index (χ0n) is 26.3. The minimum Gasteiger partial charge on any atom is -0.481 e. The Morgan fingerprint density at radius 2 is 2.00 bits per heavy atom. The van der Waals surface area contributed by atoms with E-state index in [9.17, 15) is 25.2 Å². The highest BCUT2D eigenvalue weighted by Crippen LogP contribution is 2.39. The number of rotatable bonds is 8. The van der Waals surface area contributed by atoms with E-state index in [4.69, 9.17) is 0 Å². The number of nitrogens with one attached hydrogen (secondary N) is 3. The molecule has 4 aliphatic rings. The lowest BCUT2D eigenvalue weighted by atomic mass is 9.73. The van der Waals surface area contributed by atoms with Gasteiger partial charge in [0.25, 0.3) is 0 Å². The second-order valence-corrected chi connectivity index (χ2v) is 14.5. The predicted octanol–water partition coefficient (Wildman–Crippen LogP) is 1.94. The number of aliphatic hydroxyl groups is 3. The highest BCUT2D eigenvalue weighted by molar-refractivity contribution is 5.68. The third-order valence-corrected chi connectivity index (χ3v) is 11.1. The van der Waals surface area contributed by atoms with Gasteiger partial charge >= 0.3 is 5.97 Å². The van der Waals surface area contributed by atoms with Crippen molar-refractivity contribution in [3.63, 3.8) is 0 Å². The smallest absolute Gasteiger partial charge is 0.306 e. The van der Waals surface area contributed by atoms with Gasteiger partial charge in [-0.2, -0.15) is 0 Å². The number of β-amino-alcohol motifs (C(OH)–C–C–N with tert-alkyl or cyclic N) is 1. The number of hydrogen-bond acceptors (Lipinski definition) is 8. The van der Waals surface area contributed by atoms with Crippen molar-refractivity contribution in [2.24, 2.45) is 23.7 Å². The van der Waals surface area contributed by atoms with E-state index < -0.39 is 11.6 Å². The third-order valence-electron chi connectivity index (χ3n) is 11.1.